The van der Waals surface area contributed by atoms with Gasteiger partial charge in [-0.25, -0.2) is 14.6 Å². The molecule has 1 amide bonds. The van der Waals surface area contributed by atoms with Crippen molar-refractivity contribution in [2.75, 3.05) is 13.7 Å². The van der Waals surface area contributed by atoms with Crippen LogP contribution in [0.5, 0.6) is 0 Å². The Balaban J connectivity index is 2.41. The number of esters is 1. The summed E-state index contributed by atoms with van der Waals surface area (Å²) in [7, 11) is 1.59. The third-order valence-electron chi connectivity index (χ3n) is 5.64. The maximum Gasteiger partial charge on any atom is 0.511 e. The van der Waals surface area contributed by atoms with Gasteiger partial charge in [-0.05, 0) is 81.7 Å². The highest BCUT2D eigenvalue weighted by molar-refractivity contribution is 5.97. The first-order valence-electron chi connectivity index (χ1n) is 12.4. The van der Waals surface area contributed by atoms with E-state index in [9.17, 15) is 14.4 Å². The molecule has 1 atom stereocenters. The molecule has 1 aliphatic carbocycles. The highest BCUT2D eigenvalue weighted by Crippen LogP contribution is 2.28. The zero-order valence-corrected chi connectivity index (χ0v) is 22.3. The van der Waals surface area contributed by atoms with Crippen molar-refractivity contribution in [3.05, 3.63) is 46.5 Å². The molecule has 0 aliphatic heterocycles. The number of nitrogens with one attached hydrogen (secondary N) is 1. The Kier molecular flexibility index (Phi) is 11.0. The molecule has 1 saturated carbocycles. The second kappa shape index (κ2) is 13.7. The van der Waals surface area contributed by atoms with E-state index in [2.05, 4.69) is 10.3 Å². The molecule has 1 aromatic rings. The molecular formula is C27H38N2O7. The minimum absolute atomic E-state index is 0.0561. The van der Waals surface area contributed by atoms with E-state index in [1.165, 1.54) is 6.92 Å². The number of nitrogens with zero attached hydrogens (tertiary/aromatic N) is 1. The molecule has 9 nitrogen and oxygen atoms in total. The predicted octanol–water partition coefficient (Wildman–Crippen LogP) is 5.41. The van der Waals surface area contributed by atoms with E-state index in [4.69, 9.17) is 18.9 Å². The summed E-state index contributed by atoms with van der Waals surface area (Å²) in [6.45, 7) is 11.3. The summed E-state index contributed by atoms with van der Waals surface area (Å²) >= 11 is 0. The van der Waals surface area contributed by atoms with Crippen molar-refractivity contribution in [1.29, 1.82) is 0 Å². The Hall–Kier alpha value is -3.36. The number of carbonyl (C=O) groups excluding carboxylic acids is 3. The van der Waals surface area contributed by atoms with Gasteiger partial charge in [0, 0.05) is 19.0 Å². The Bertz CT molecular complexity index is 1010. The van der Waals surface area contributed by atoms with E-state index in [1.54, 1.807) is 33.1 Å². The summed E-state index contributed by atoms with van der Waals surface area (Å²) in [5.74, 6) is -0.0140. The van der Waals surface area contributed by atoms with Gasteiger partial charge in [0.25, 0.3) is 5.91 Å². The fourth-order valence-electron chi connectivity index (χ4n) is 3.30. The smallest absolute Gasteiger partial charge is 0.497 e. The molecule has 198 valence electrons. The normalized spacial score (nSPS) is 15.1. The van der Waals surface area contributed by atoms with Gasteiger partial charge in [0.1, 0.15) is 11.5 Å². The van der Waals surface area contributed by atoms with Crippen molar-refractivity contribution in [1.82, 2.24) is 10.3 Å². The lowest BCUT2D eigenvalue weighted by Gasteiger charge is -2.17. The van der Waals surface area contributed by atoms with Crippen LogP contribution in [0, 0.1) is 5.92 Å². The first-order valence-corrected chi connectivity index (χ1v) is 12.4. The summed E-state index contributed by atoms with van der Waals surface area (Å²) in [6, 6.07) is 3.26. The van der Waals surface area contributed by atoms with Crippen LogP contribution < -0.4 is 5.32 Å². The van der Waals surface area contributed by atoms with E-state index in [0.29, 0.717) is 30.2 Å². The third kappa shape index (κ3) is 8.70. The number of allylic oxidation sites excluding steroid dienone is 3. The van der Waals surface area contributed by atoms with Gasteiger partial charge < -0.3 is 24.3 Å². The molecule has 0 aromatic carbocycles. The van der Waals surface area contributed by atoms with E-state index in [-0.39, 0.29) is 23.4 Å². The average molecular weight is 503 g/mol. The quantitative estimate of drug-likeness (QED) is 0.175. The minimum atomic E-state index is -1.23. The molecule has 36 heavy (non-hydrogen) atoms. The van der Waals surface area contributed by atoms with Gasteiger partial charge in [-0.1, -0.05) is 13.8 Å². The van der Waals surface area contributed by atoms with Crippen LogP contribution in [-0.4, -0.2) is 49.1 Å². The average Bonchev–Trinajstić information content (AvgIpc) is 3.66. The molecule has 9 heteroatoms. The molecule has 1 aliphatic rings. The Labute approximate surface area is 213 Å². The highest BCUT2D eigenvalue weighted by Gasteiger charge is 2.25. The van der Waals surface area contributed by atoms with Crippen LogP contribution in [0.3, 0.4) is 0 Å². The van der Waals surface area contributed by atoms with Crippen molar-refractivity contribution < 1.29 is 33.3 Å². The van der Waals surface area contributed by atoms with Gasteiger partial charge in [-0.2, -0.15) is 0 Å². The molecule has 0 saturated heterocycles. The summed E-state index contributed by atoms with van der Waals surface area (Å²) in [5.41, 5.74) is 2.36. The van der Waals surface area contributed by atoms with Crippen LogP contribution in [0.25, 0.3) is 5.57 Å². The largest absolute Gasteiger partial charge is 0.511 e. The standard InChI is InChI=1S/C27H38N2O7/c1-8-17(5)23(33-7)14-20(9-2)21-12-13-22(25(30)28-15-19-10-11-19)29-24(21)26(31)35-18(6)36-27(32)34-16(3)4/h12-14,16,18-19H,8-11,15H2,1-7H3,(H,28,30)/b20-14+,23-17-. The summed E-state index contributed by atoms with van der Waals surface area (Å²) in [4.78, 5) is 42.0. The molecule has 1 aromatic heterocycles. The molecule has 1 heterocycles. The molecule has 1 unspecified atom stereocenters. The number of carbonyl (C=O) groups is 3. The molecule has 1 fully saturated rings. The molecule has 0 spiro atoms. The van der Waals surface area contributed by atoms with Gasteiger partial charge in [-0.15, -0.1) is 0 Å². The molecular weight excluding hydrogens is 464 g/mol. The highest BCUT2D eigenvalue weighted by atomic mass is 16.8. The first kappa shape index (κ1) is 28.9. The lowest BCUT2D eigenvalue weighted by atomic mass is 9.99. The fourth-order valence-corrected chi connectivity index (χ4v) is 3.30. The van der Waals surface area contributed by atoms with Crippen LogP contribution in [0.15, 0.2) is 29.5 Å². The lowest BCUT2D eigenvalue weighted by molar-refractivity contribution is -0.0869. The number of pyridine rings is 1. The molecule has 0 bridgehead atoms. The van der Waals surface area contributed by atoms with Crippen LogP contribution in [0.4, 0.5) is 4.79 Å². The van der Waals surface area contributed by atoms with Gasteiger partial charge >= 0.3 is 12.1 Å². The molecule has 1 N–H and O–H groups in total. The zero-order chi connectivity index (χ0) is 26.8. The fraction of sp³-hybridized carbons (Fsp3) is 0.556. The van der Waals surface area contributed by atoms with E-state index in [0.717, 1.165) is 30.4 Å². The maximum absolute atomic E-state index is 13.2. The second-order valence-electron chi connectivity index (χ2n) is 8.98. The van der Waals surface area contributed by atoms with Gasteiger partial charge in [0.15, 0.2) is 5.69 Å². The zero-order valence-electron chi connectivity index (χ0n) is 22.3. The minimum Gasteiger partial charge on any atom is -0.497 e. The van der Waals surface area contributed by atoms with Crippen molar-refractivity contribution >= 4 is 23.6 Å². The summed E-state index contributed by atoms with van der Waals surface area (Å²) in [5, 5.41) is 2.86. The van der Waals surface area contributed by atoms with Crippen molar-refractivity contribution in [2.24, 2.45) is 5.92 Å². The van der Waals surface area contributed by atoms with Crippen molar-refractivity contribution in [2.45, 2.75) is 79.6 Å². The SMILES string of the molecule is CC/C(C)=C(/C=C(\CC)c1ccc(C(=O)NCC2CC2)nc1C(=O)OC(C)OC(=O)OC(C)C)OC. The van der Waals surface area contributed by atoms with Crippen LogP contribution in [0.1, 0.15) is 93.8 Å². The van der Waals surface area contributed by atoms with Crippen LogP contribution in [-0.2, 0) is 18.9 Å². The van der Waals surface area contributed by atoms with E-state index < -0.39 is 18.4 Å². The van der Waals surface area contributed by atoms with Crippen molar-refractivity contribution in [3.63, 3.8) is 0 Å². The van der Waals surface area contributed by atoms with E-state index >= 15 is 0 Å². The molecule has 0 radical (unpaired) electrons. The third-order valence-corrected chi connectivity index (χ3v) is 5.64. The van der Waals surface area contributed by atoms with Crippen LogP contribution >= 0.6 is 0 Å². The van der Waals surface area contributed by atoms with Gasteiger partial charge in [-0.3, -0.25) is 4.79 Å². The number of ether oxygens (including phenoxy) is 4. The summed E-state index contributed by atoms with van der Waals surface area (Å²) in [6.07, 6.45) is 2.85. The number of hydrogen-bond donors (Lipinski definition) is 1. The topological polar surface area (TPSA) is 113 Å². The van der Waals surface area contributed by atoms with Gasteiger partial charge in [0.05, 0.1) is 13.2 Å². The summed E-state index contributed by atoms with van der Waals surface area (Å²) < 4.78 is 20.8. The Morgan fingerprint density at radius 1 is 1.08 bits per heavy atom. The number of amides is 1. The van der Waals surface area contributed by atoms with E-state index in [1.807, 2.05) is 26.8 Å². The van der Waals surface area contributed by atoms with Crippen molar-refractivity contribution in [3.8, 4) is 0 Å². The number of hydrogen-bond acceptors (Lipinski definition) is 8. The molecule has 2 rings (SSSR count). The number of aromatic nitrogens is 1. The maximum atomic E-state index is 13.2. The number of methoxy groups -OCH3 is 1. The number of rotatable bonds is 12. The lowest BCUT2D eigenvalue weighted by Crippen LogP contribution is -2.28. The van der Waals surface area contributed by atoms with Crippen LogP contribution in [0.2, 0.25) is 0 Å². The first-order chi connectivity index (χ1) is 17.1. The second-order valence-corrected chi connectivity index (χ2v) is 8.98. The monoisotopic (exact) mass is 502 g/mol. The predicted molar refractivity (Wildman–Crippen MR) is 135 cm³/mol. The Morgan fingerprint density at radius 2 is 1.78 bits per heavy atom. The van der Waals surface area contributed by atoms with Gasteiger partial charge in [0.2, 0.25) is 6.29 Å². The Morgan fingerprint density at radius 3 is 2.33 bits per heavy atom.